The lowest BCUT2D eigenvalue weighted by atomic mass is 9.67. The zero-order valence-corrected chi connectivity index (χ0v) is 14.9. The number of ether oxygens (including phenoxy) is 1. The molecule has 3 N–H and O–H groups in total. The summed E-state index contributed by atoms with van der Waals surface area (Å²) in [6, 6.07) is -1.66. The van der Waals surface area contributed by atoms with Gasteiger partial charge in [0.2, 0.25) is 11.8 Å². The first-order valence-electron chi connectivity index (χ1n) is 9.22. The van der Waals surface area contributed by atoms with Crippen LogP contribution in [0.4, 0.5) is 13.2 Å². The minimum atomic E-state index is -4.93. The number of ketones is 1. The van der Waals surface area contributed by atoms with Gasteiger partial charge < -0.3 is 16.0 Å². The van der Waals surface area contributed by atoms with Crippen LogP contribution >= 0.6 is 0 Å². The summed E-state index contributed by atoms with van der Waals surface area (Å²) in [5.41, 5.74) is 0.131. The van der Waals surface area contributed by atoms with E-state index in [-0.39, 0.29) is 17.7 Å². The van der Waals surface area contributed by atoms with Gasteiger partial charge in [0.1, 0.15) is 6.61 Å². The summed E-state index contributed by atoms with van der Waals surface area (Å²) in [6.45, 7) is -0.0131. The standard InChI is InChI=1S/C17H24F3N3O4/c18-17(19,20)27-8-13(24)11(6-10-2-5-21-14(10)25)23-15(26)12-7-16(9-22-12)3-1-4-16/h10-12,22H,1-9H2,(H,21,25)(H,23,26)/t10-,11-,12?/m0/s1. The van der Waals surface area contributed by atoms with Gasteiger partial charge in [-0.3, -0.25) is 19.1 Å². The normalized spacial score (nSPS) is 27.9. The van der Waals surface area contributed by atoms with Crippen LogP contribution in [0.1, 0.15) is 38.5 Å². The Balaban J connectivity index is 1.60. The molecule has 10 heteroatoms. The lowest BCUT2D eigenvalue weighted by molar-refractivity contribution is -0.321. The number of Topliss-reactive ketones (excluding diaryl/α,β-unsaturated/α-hetero) is 1. The van der Waals surface area contributed by atoms with Crippen molar-refractivity contribution in [2.45, 2.75) is 57.0 Å². The Bertz CT molecular complexity index is 607. The van der Waals surface area contributed by atoms with Crippen molar-refractivity contribution in [3.05, 3.63) is 0 Å². The molecule has 3 aliphatic rings. The van der Waals surface area contributed by atoms with Crippen LogP contribution in [0, 0.1) is 11.3 Å². The Kier molecular flexibility index (Phi) is 5.76. The van der Waals surface area contributed by atoms with Gasteiger partial charge in [0.05, 0.1) is 12.1 Å². The summed E-state index contributed by atoms with van der Waals surface area (Å²) in [5.74, 6) is -2.08. The van der Waals surface area contributed by atoms with Gasteiger partial charge in [-0.2, -0.15) is 0 Å². The molecule has 3 atom stereocenters. The van der Waals surface area contributed by atoms with E-state index in [1.807, 2.05) is 0 Å². The van der Waals surface area contributed by atoms with E-state index in [4.69, 9.17) is 0 Å². The predicted octanol–water partition coefficient (Wildman–Crippen LogP) is 0.635. The average Bonchev–Trinajstić information content (AvgIpc) is 3.18. The molecule has 3 fully saturated rings. The molecular formula is C17H24F3N3O4. The van der Waals surface area contributed by atoms with E-state index in [1.54, 1.807) is 0 Å². The first kappa shape index (κ1) is 20.1. The monoisotopic (exact) mass is 391 g/mol. The van der Waals surface area contributed by atoms with Crippen molar-refractivity contribution in [1.29, 1.82) is 0 Å². The Hall–Kier alpha value is -1.68. The molecule has 2 heterocycles. The number of halogens is 3. The largest absolute Gasteiger partial charge is 0.522 e. The number of carbonyl (C=O) groups is 3. The Morgan fingerprint density at radius 3 is 2.59 bits per heavy atom. The number of carbonyl (C=O) groups excluding carboxylic acids is 3. The van der Waals surface area contributed by atoms with E-state index in [0.29, 0.717) is 19.4 Å². The highest BCUT2D eigenvalue weighted by Crippen LogP contribution is 2.47. The van der Waals surface area contributed by atoms with Crippen molar-refractivity contribution in [2.75, 3.05) is 19.7 Å². The van der Waals surface area contributed by atoms with Gasteiger partial charge >= 0.3 is 6.36 Å². The molecule has 1 aliphatic carbocycles. The van der Waals surface area contributed by atoms with Crippen LogP contribution in [-0.2, 0) is 19.1 Å². The first-order valence-corrected chi connectivity index (χ1v) is 9.22. The van der Waals surface area contributed by atoms with E-state index >= 15 is 0 Å². The van der Waals surface area contributed by atoms with Gasteiger partial charge in [-0.05, 0) is 37.5 Å². The van der Waals surface area contributed by atoms with Crippen LogP contribution in [0.25, 0.3) is 0 Å². The molecule has 2 saturated heterocycles. The Morgan fingerprint density at radius 2 is 2.07 bits per heavy atom. The maximum Gasteiger partial charge on any atom is 0.522 e. The fourth-order valence-corrected chi connectivity index (χ4v) is 4.11. The van der Waals surface area contributed by atoms with Crippen molar-refractivity contribution in [3.63, 3.8) is 0 Å². The van der Waals surface area contributed by atoms with E-state index in [0.717, 1.165) is 25.8 Å². The lowest BCUT2D eigenvalue weighted by Crippen LogP contribution is -2.50. The highest BCUT2D eigenvalue weighted by Gasteiger charge is 2.46. The van der Waals surface area contributed by atoms with Crippen LogP contribution in [0.5, 0.6) is 0 Å². The number of alkyl halides is 3. The number of hydrogen-bond acceptors (Lipinski definition) is 5. The van der Waals surface area contributed by atoms with Crippen LogP contribution in [-0.4, -0.2) is 55.7 Å². The highest BCUT2D eigenvalue weighted by atomic mass is 19.4. The van der Waals surface area contributed by atoms with Crippen molar-refractivity contribution in [2.24, 2.45) is 11.3 Å². The van der Waals surface area contributed by atoms with Gasteiger partial charge in [-0.25, -0.2) is 0 Å². The molecular weight excluding hydrogens is 367 g/mol. The third-order valence-electron chi connectivity index (χ3n) is 5.86. The predicted molar refractivity (Wildman–Crippen MR) is 87.4 cm³/mol. The number of rotatable bonds is 7. The van der Waals surface area contributed by atoms with E-state index in [1.165, 1.54) is 0 Å². The molecule has 2 amide bonds. The van der Waals surface area contributed by atoms with Crippen molar-refractivity contribution in [1.82, 2.24) is 16.0 Å². The second kappa shape index (κ2) is 7.75. The lowest BCUT2D eigenvalue weighted by Gasteiger charge is -2.37. The number of amides is 2. The van der Waals surface area contributed by atoms with Crippen LogP contribution in [0.15, 0.2) is 0 Å². The SMILES string of the molecule is O=C(N[C@@H](C[C@@H]1CCNC1=O)C(=O)COC(F)(F)F)C1CC2(CCC2)CN1. The van der Waals surface area contributed by atoms with Gasteiger partial charge in [0.25, 0.3) is 0 Å². The van der Waals surface area contributed by atoms with E-state index < -0.39 is 42.7 Å². The van der Waals surface area contributed by atoms with Gasteiger partial charge in [-0.1, -0.05) is 6.42 Å². The minimum Gasteiger partial charge on any atom is -0.356 e. The zero-order valence-electron chi connectivity index (χ0n) is 14.9. The van der Waals surface area contributed by atoms with Gasteiger partial charge in [-0.15, -0.1) is 13.2 Å². The van der Waals surface area contributed by atoms with Gasteiger partial charge in [0.15, 0.2) is 5.78 Å². The third kappa shape index (κ3) is 4.98. The first-order chi connectivity index (χ1) is 12.7. The number of hydrogen-bond donors (Lipinski definition) is 3. The maximum atomic E-state index is 12.6. The summed E-state index contributed by atoms with van der Waals surface area (Å²) >= 11 is 0. The maximum absolute atomic E-state index is 12.6. The smallest absolute Gasteiger partial charge is 0.356 e. The van der Waals surface area contributed by atoms with Crippen LogP contribution in [0.2, 0.25) is 0 Å². The Morgan fingerprint density at radius 1 is 1.33 bits per heavy atom. The minimum absolute atomic E-state index is 0.0323. The molecule has 27 heavy (non-hydrogen) atoms. The third-order valence-corrected chi connectivity index (χ3v) is 5.86. The molecule has 152 valence electrons. The quantitative estimate of drug-likeness (QED) is 0.592. The van der Waals surface area contributed by atoms with Crippen molar-refractivity contribution < 1.29 is 32.3 Å². The molecule has 1 spiro atoms. The zero-order chi connectivity index (χ0) is 19.7. The molecule has 7 nitrogen and oxygen atoms in total. The van der Waals surface area contributed by atoms with Crippen LogP contribution in [0.3, 0.4) is 0 Å². The molecule has 1 saturated carbocycles. The molecule has 1 unspecified atom stereocenters. The molecule has 2 aliphatic heterocycles. The van der Waals surface area contributed by atoms with Gasteiger partial charge in [0, 0.05) is 19.0 Å². The van der Waals surface area contributed by atoms with E-state index in [2.05, 4.69) is 20.7 Å². The molecule has 3 rings (SSSR count). The second-order valence-corrected chi connectivity index (χ2v) is 7.77. The molecule has 0 bridgehead atoms. The molecule has 0 aromatic carbocycles. The summed E-state index contributed by atoms with van der Waals surface area (Å²) in [7, 11) is 0. The molecule has 0 radical (unpaired) electrons. The summed E-state index contributed by atoms with van der Waals surface area (Å²) in [5, 5.41) is 8.31. The summed E-state index contributed by atoms with van der Waals surface area (Å²) < 4.78 is 40.4. The number of nitrogens with one attached hydrogen (secondary N) is 3. The van der Waals surface area contributed by atoms with Crippen molar-refractivity contribution in [3.8, 4) is 0 Å². The topological polar surface area (TPSA) is 96.5 Å². The van der Waals surface area contributed by atoms with Crippen LogP contribution < -0.4 is 16.0 Å². The molecule has 0 aromatic heterocycles. The summed E-state index contributed by atoms with van der Waals surface area (Å²) in [6.07, 6.45) is -0.607. The summed E-state index contributed by atoms with van der Waals surface area (Å²) in [4.78, 5) is 36.6. The molecule has 0 aromatic rings. The Labute approximate surface area is 154 Å². The van der Waals surface area contributed by atoms with E-state index in [9.17, 15) is 27.6 Å². The fraction of sp³-hybridized carbons (Fsp3) is 0.824. The second-order valence-electron chi connectivity index (χ2n) is 7.77. The fourth-order valence-electron chi connectivity index (χ4n) is 4.11. The van der Waals surface area contributed by atoms with Crippen molar-refractivity contribution >= 4 is 17.6 Å². The average molecular weight is 391 g/mol. The highest BCUT2D eigenvalue weighted by molar-refractivity contribution is 5.92.